The molecule has 0 saturated carbocycles. The van der Waals surface area contributed by atoms with Gasteiger partial charge in [-0.2, -0.15) is 4.98 Å². The molecule has 0 radical (unpaired) electrons. The second kappa shape index (κ2) is 9.14. The van der Waals surface area contributed by atoms with Crippen molar-refractivity contribution in [1.29, 1.82) is 0 Å². The number of aliphatic hydroxyl groups is 1. The molecule has 0 bridgehead atoms. The minimum atomic E-state index is -0.664. The number of fused-ring (bicyclic) bond motifs is 4. The lowest BCUT2D eigenvalue weighted by Gasteiger charge is -2.40. The minimum absolute atomic E-state index is 0.0652. The van der Waals surface area contributed by atoms with Gasteiger partial charge in [0.15, 0.2) is 5.65 Å². The lowest BCUT2D eigenvalue weighted by molar-refractivity contribution is -0.136. The molecular formula is C27H23ClFN7O3. The van der Waals surface area contributed by atoms with Gasteiger partial charge in [0.05, 0.1) is 5.02 Å². The topological polar surface area (TPSA) is 118 Å². The van der Waals surface area contributed by atoms with E-state index >= 15 is 0 Å². The lowest BCUT2D eigenvalue weighted by atomic mass is 9.78. The van der Waals surface area contributed by atoms with Crippen LogP contribution in [-0.4, -0.2) is 53.0 Å². The number of benzene rings is 2. The van der Waals surface area contributed by atoms with Crippen molar-refractivity contribution in [2.24, 2.45) is 0 Å². The van der Waals surface area contributed by atoms with Gasteiger partial charge >= 0.3 is 0 Å². The van der Waals surface area contributed by atoms with Gasteiger partial charge in [-0.25, -0.2) is 18.9 Å². The van der Waals surface area contributed by atoms with Gasteiger partial charge in [-0.05, 0) is 35.4 Å². The monoisotopic (exact) mass is 547 g/mol. The van der Waals surface area contributed by atoms with Crippen LogP contribution in [0, 0.1) is 5.82 Å². The molecule has 10 nitrogen and oxygen atoms in total. The number of aromatic nitrogens is 5. The number of carbonyl (C=O) groups is 1. The largest absolute Gasteiger partial charge is 0.387 e. The molecule has 2 aromatic carbocycles. The van der Waals surface area contributed by atoms with Crippen molar-refractivity contribution >= 4 is 46.0 Å². The molecule has 0 saturated heterocycles. The molecule has 12 heteroatoms. The van der Waals surface area contributed by atoms with Crippen molar-refractivity contribution in [1.82, 2.24) is 28.8 Å². The van der Waals surface area contributed by atoms with E-state index in [2.05, 4.69) is 34.1 Å². The third kappa shape index (κ3) is 4.10. The van der Waals surface area contributed by atoms with Crippen LogP contribution in [0.2, 0.25) is 5.02 Å². The van der Waals surface area contributed by atoms with Crippen molar-refractivity contribution in [2.45, 2.75) is 25.8 Å². The average Bonchev–Trinajstić information content (AvgIpc) is 3.39. The third-order valence-electron chi connectivity index (χ3n) is 6.94. The van der Waals surface area contributed by atoms with E-state index in [0.29, 0.717) is 18.8 Å². The van der Waals surface area contributed by atoms with Crippen LogP contribution in [0.5, 0.6) is 0 Å². The fourth-order valence-corrected chi connectivity index (χ4v) is 5.45. The van der Waals surface area contributed by atoms with Gasteiger partial charge in [0, 0.05) is 42.8 Å². The highest BCUT2D eigenvalue weighted by Crippen LogP contribution is 2.35. The molecule has 0 aliphatic carbocycles. The van der Waals surface area contributed by atoms with Gasteiger partial charge < -0.3 is 15.3 Å². The highest BCUT2D eigenvalue weighted by molar-refractivity contribution is 6.32. The van der Waals surface area contributed by atoms with Gasteiger partial charge in [-0.3, -0.25) is 14.0 Å². The maximum atomic E-state index is 14.8. The Kier molecular flexibility index (Phi) is 5.85. The Morgan fingerprint density at radius 3 is 2.82 bits per heavy atom. The predicted octanol–water partition coefficient (Wildman–Crippen LogP) is 3.58. The van der Waals surface area contributed by atoms with Crippen molar-refractivity contribution in [3.8, 4) is 5.69 Å². The molecule has 6 rings (SSSR count). The number of hydrogen-bond acceptors (Lipinski definition) is 7. The molecule has 4 heterocycles. The molecular weight excluding hydrogens is 525 g/mol. The first-order valence-electron chi connectivity index (χ1n) is 12.2. The van der Waals surface area contributed by atoms with Crippen LogP contribution in [0.1, 0.15) is 25.0 Å². The van der Waals surface area contributed by atoms with E-state index in [1.165, 1.54) is 30.6 Å². The number of rotatable bonds is 4. The summed E-state index contributed by atoms with van der Waals surface area (Å²) < 4.78 is 17.4. The first kappa shape index (κ1) is 25.0. The quantitative estimate of drug-likeness (QED) is 0.353. The minimum Gasteiger partial charge on any atom is -0.387 e. The van der Waals surface area contributed by atoms with E-state index in [1.54, 1.807) is 15.5 Å². The molecule has 1 aliphatic heterocycles. The number of anilines is 2. The van der Waals surface area contributed by atoms with Crippen LogP contribution in [0.25, 0.3) is 22.5 Å². The summed E-state index contributed by atoms with van der Waals surface area (Å²) in [6, 6.07) is 10.0. The van der Waals surface area contributed by atoms with Crippen LogP contribution in [0.3, 0.4) is 0 Å². The van der Waals surface area contributed by atoms with Crippen LogP contribution >= 0.6 is 11.6 Å². The molecule has 1 amide bonds. The summed E-state index contributed by atoms with van der Waals surface area (Å²) >= 11 is 6.26. The van der Waals surface area contributed by atoms with Crippen molar-refractivity contribution in [3.05, 3.63) is 87.3 Å². The number of para-hydroxylation sites is 1. The van der Waals surface area contributed by atoms with E-state index in [0.717, 1.165) is 15.7 Å². The first-order valence-corrected chi connectivity index (χ1v) is 12.5. The number of amides is 1. The van der Waals surface area contributed by atoms with Gasteiger partial charge in [-0.15, -0.1) is 0 Å². The number of halogens is 2. The Balaban J connectivity index is 1.42. The fraction of sp³-hybridized carbons (Fsp3) is 0.222. The fourth-order valence-electron chi connectivity index (χ4n) is 5.20. The summed E-state index contributed by atoms with van der Waals surface area (Å²) in [6.45, 7) is 4.46. The maximum Gasteiger partial charge on any atom is 0.270 e. The molecule has 0 spiro atoms. The van der Waals surface area contributed by atoms with E-state index in [9.17, 15) is 19.1 Å². The highest BCUT2D eigenvalue weighted by Gasteiger charge is 2.33. The van der Waals surface area contributed by atoms with Crippen molar-refractivity contribution < 1.29 is 14.3 Å². The molecule has 198 valence electrons. The maximum absolute atomic E-state index is 14.8. The summed E-state index contributed by atoms with van der Waals surface area (Å²) in [5.41, 5.74) is 2.08. The number of carbonyl (C=O) groups excluding carboxylic acids is 1. The average molecular weight is 548 g/mol. The molecule has 0 fully saturated rings. The van der Waals surface area contributed by atoms with Crippen LogP contribution < -0.4 is 10.9 Å². The zero-order chi connectivity index (χ0) is 27.5. The normalized spacial score (nSPS) is 14.5. The summed E-state index contributed by atoms with van der Waals surface area (Å²) in [7, 11) is 0. The predicted molar refractivity (Wildman–Crippen MR) is 144 cm³/mol. The SMILES string of the molecule is CC1(C)CN(C(=O)CO)Cc2cc(Nc3ncc4c(=O)n(-c5c(F)cccc5Cl)c5nccn5c4n3)ccc21. The molecule has 39 heavy (non-hydrogen) atoms. The van der Waals surface area contributed by atoms with Crippen molar-refractivity contribution in [2.75, 3.05) is 18.5 Å². The Hall–Kier alpha value is -4.35. The zero-order valence-electron chi connectivity index (χ0n) is 21.0. The van der Waals surface area contributed by atoms with Crippen LogP contribution in [0.15, 0.2) is 59.8 Å². The van der Waals surface area contributed by atoms with E-state index in [-0.39, 0.29) is 44.8 Å². The molecule has 5 aromatic rings. The number of imidazole rings is 1. The standard InChI is InChI=1S/C27H23ClFN7O3/c1-27(2)14-34(21(38)13-37)12-15-10-16(6-7-18(15)27)32-25-31-11-17-23(33-25)35-9-8-30-26(35)36(24(17)39)22-19(28)4-3-5-20(22)29/h3-11,37H,12-14H2,1-2H3,(H,31,32,33). The molecule has 0 atom stereocenters. The second-order valence-corrected chi connectivity index (χ2v) is 10.4. The van der Waals surface area contributed by atoms with Crippen LogP contribution in [0.4, 0.5) is 16.0 Å². The second-order valence-electron chi connectivity index (χ2n) is 10.0. The van der Waals surface area contributed by atoms with E-state index < -0.39 is 18.0 Å². The zero-order valence-corrected chi connectivity index (χ0v) is 21.8. The molecule has 1 aliphatic rings. The van der Waals surface area contributed by atoms with Gasteiger partial charge in [-0.1, -0.05) is 37.6 Å². The molecule has 3 aromatic heterocycles. The van der Waals surface area contributed by atoms with Gasteiger partial charge in [0.1, 0.15) is 23.5 Å². The Bertz CT molecular complexity index is 1830. The van der Waals surface area contributed by atoms with Crippen molar-refractivity contribution in [3.63, 3.8) is 0 Å². The lowest BCUT2D eigenvalue weighted by Crippen LogP contribution is -2.46. The smallest absolute Gasteiger partial charge is 0.270 e. The number of nitrogens with one attached hydrogen (secondary N) is 1. The summed E-state index contributed by atoms with van der Waals surface area (Å²) in [6.07, 6.45) is 4.48. The van der Waals surface area contributed by atoms with E-state index in [4.69, 9.17) is 11.6 Å². The summed E-state index contributed by atoms with van der Waals surface area (Å²) in [5, 5.41) is 12.7. The number of aliphatic hydroxyl groups excluding tert-OH is 1. The summed E-state index contributed by atoms with van der Waals surface area (Å²) in [5.74, 6) is -0.606. The van der Waals surface area contributed by atoms with Gasteiger partial charge in [0.2, 0.25) is 17.6 Å². The number of nitrogens with zero attached hydrogens (tertiary/aromatic N) is 6. The number of hydrogen-bond donors (Lipinski definition) is 2. The Labute approximate surface area is 226 Å². The van der Waals surface area contributed by atoms with Gasteiger partial charge in [0.25, 0.3) is 5.56 Å². The first-order chi connectivity index (χ1) is 18.7. The van der Waals surface area contributed by atoms with E-state index in [1.807, 2.05) is 18.2 Å². The Morgan fingerprint density at radius 1 is 1.23 bits per heavy atom. The Morgan fingerprint density at radius 2 is 2.05 bits per heavy atom. The third-order valence-corrected chi connectivity index (χ3v) is 7.24. The summed E-state index contributed by atoms with van der Waals surface area (Å²) in [4.78, 5) is 40.5. The highest BCUT2D eigenvalue weighted by atomic mass is 35.5. The van der Waals surface area contributed by atoms with Crippen LogP contribution in [-0.2, 0) is 16.8 Å². The molecule has 2 N–H and O–H groups in total. The molecule has 0 unspecified atom stereocenters.